The van der Waals surface area contributed by atoms with E-state index in [1.54, 1.807) is 18.2 Å². The van der Waals surface area contributed by atoms with Crippen LogP contribution in [-0.2, 0) is 11.3 Å². The van der Waals surface area contributed by atoms with E-state index < -0.39 is 0 Å². The van der Waals surface area contributed by atoms with Gasteiger partial charge in [0.1, 0.15) is 0 Å². The molecule has 0 spiro atoms. The molecule has 2 rings (SSSR count). The van der Waals surface area contributed by atoms with Crippen LogP contribution in [-0.4, -0.2) is 24.4 Å². The molecular weight excluding hydrogens is 314 g/mol. The van der Waals surface area contributed by atoms with Crippen molar-refractivity contribution in [1.82, 2.24) is 10.6 Å². The topological polar surface area (TPSA) is 70.2 Å². The maximum Gasteiger partial charge on any atom is 0.251 e. The largest absolute Gasteiger partial charge is 0.376 e. The Morgan fingerprint density at radius 1 is 1.04 bits per heavy atom. The fraction of sp³-hybridized carbons (Fsp3) is 0.300. The minimum Gasteiger partial charge on any atom is -0.376 e. The summed E-state index contributed by atoms with van der Waals surface area (Å²) in [4.78, 5) is 24.1. The number of anilines is 1. The predicted molar refractivity (Wildman–Crippen MR) is 100 cm³/mol. The highest BCUT2D eigenvalue weighted by molar-refractivity contribution is 5.95. The average Bonchev–Trinajstić information content (AvgIpc) is 2.65. The Labute approximate surface area is 148 Å². The zero-order valence-electron chi connectivity index (χ0n) is 14.7. The van der Waals surface area contributed by atoms with Crippen molar-refractivity contribution in [3.05, 3.63) is 65.7 Å². The lowest BCUT2D eigenvalue weighted by Crippen LogP contribution is -2.32. The third kappa shape index (κ3) is 6.30. The Morgan fingerprint density at radius 2 is 1.80 bits per heavy atom. The fourth-order valence-electron chi connectivity index (χ4n) is 2.22. The highest BCUT2D eigenvalue weighted by atomic mass is 16.2. The molecule has 0 aromatic heterocycles. The van der Waals surface area contributed by atoms with Gasteiger partial charge in [0.15, 0.2) is 0 Å². The summed E-state index contributed by atoms with van der Waals surface area (Å²) in [6, 6.07) is 17.0. The Kier molecular flexibility index (Phi) is 7.01. The monoisotopic (exact) mass is 339 g/mol. The average molecular weight is 339 g/mol. The number of benzene rings is 2. The third-order valence-corrected chi connectivity index (χ3v) is 3.90. The summed E-state index contributed by atoms with van der Waals surface area (Å²) in [6.07, 6.45) is 0.880. The van der Waals surface area contributed by atoms with E-state index in [2.05, 4.69) is 16.0 Å². The van der Waals surface area contributed by atoms with Crippen molar-refractivity contribution < 1.29 is 9.59 Å². The Balaban J connectivity index is 1.83. The van der Waals surface area contributed by atoms with Gasteiger partial charge in [0, 0.05) is 23.8 Å². The molecule has 0 aliphatic carbocycles. The van der Waals surface area contributed by atoms with Crippen LogP contribution in [0.4, 0.5) is 5.69 Å². The number of carbonyl (C=O) groups excluding carboxylic acids is 2. The van der Waals surface area contributed by atoms with Crippen molar-refractivity contribution in [2.24, 2.45) is 0 Å². The van der Waals surface area contributed by atoms with E-state index in [-0.39, 0.29) is 24.4 Å². The lowest BCUT2D eigenvalue weighted by Gasteiger charge is -2.12. The molecule has 5 nitrogen and oxygen atoms in total. The quantitative estimate of drug-likeness (QED) is 0.692. The first kappa shape index (κ1) is 18.5. The normalized spacial score (nSPS) is 11.4. The van der Waals surface area contributed by atoms with Gasteiger partial charge in [-0.05, 0) is 37.1 Å². The molecule has 25 heavy (non-hydrogen) atoms. The molecule has 0 fully saturated rings. The van der Waals surface area contributed by atoms with Crippen LogP contribution in [0.2, 0.25) is 0 Å². The molecule has 2 aromatic rings. The number of amides is 2. The van der Waals surface area contributed by atoms with E-state index >= 15 is 0 Å². The molecule has 0 bridgehead atoms. The van der Waals surface area contributed by atoms with E-state index in [0.29, 0.717) is 12.1 Å². The van der Waals surface area contributed by atoms with Crippen LogP contribution in [0.5, 0.6) is 0 Å². The van der Waals surface area contributed by atoms with E-state index in [1.165, 1.54) is 0 Å². The van der Waals surface area contributed by atoms with Crippen LogP contribution in [0.15, 0.2) is 54.6 Å². The van der Waals surface area contributed by atoms with Crippen LogP contribution in [0.1, 0.15) is 36.2 Å². The highest BCUT2D eigenvalue weighted by Gasteiger charge is 2.09. The van der Waals surface area contributed by atoms with Gasteiger partial charge in [0.2, 0.25) is 5.91 Å². The summed E-state index contributed by atoms with van der Waals surface area (Å²) in [5, 5.41) is 8.84. The first-order chi connectivity index (χ1) is 12.1. The fourth-order valence-corrected chi connectivity index (χ4v) is 2.22. The van der Waals surface area contributed by atoms with E-state index in [1.807, 2.05) is 50.2 Å². The second-order valence-corrected chi connectivity index (χ2v) is 5.98. The SMILES string of the molecule is CCC(C)NC(=O)c1cccc(NCC(=O)NCc2ccccc2)c1. The van der Waals surface area contributed by atoms with Crippen molar-refractivity contribution in [2.45, 2.75) is 32.9 Å². The summed E-state index contributed by atoms with van der Waals surface area (Å²) in [7, 11) is 0. The Bertz CT molecular complexity index is 701. The molecule has 0 saturated heterocycles. The molecule has 5 heteroatoms. The standard InChI is InChI=1S/C20H25N3O2/c1-3-15(2)23-20(25)17-10-7-11-18(12-17)21-14-19(24)22-13-16-8-5-4-6-9-16/h4-12,15,21H,3,13-14H2,1-2H3,(H,22,24)(H,23,25). The van der Waals surface area contributed by atoms with Crippen LogP contribution >= 0.6 is 0 Å². The lowest BCUT2D eigenvalue weighted by atomic mass is 10.1. The summed E-state index contributed by atoms with van der Waals surface area (Å²) < 4.78 is 0. The second-order valence-electron chi connectivity index (χ2n) is 5.98. The summed E-state index contributed by atoms with van der Waals surface area (Å²) in [5.41, 5.74) is 2.38. The van der Waals surface area contributed by atoms with Gasteiger partial charge >= 0.3 is 0 Å². The molecule has 132 valence electrons. The second kappa shape index (κ2) is 9.47. The van der Waals surface area contributed by atoms with Gasteiger partial charge in [-0.3, -0.25) is 9.59 Å². The van der Waals surface area contributed by atoms with Gasteiger partial charge < -0.3 is 16.0 Å². The molecule has 3 N–H and O–H groups in total. The molecule has 1 atom stereocenters. The smallest absolute Gasteiger partial charge is 0.251 e. The van der Waals surface area contributed by atoms with Crippen LogP contribution in [0, 0.1) is 0 Å². The van der Waals surface area contributed by atoms with Crippen molar-refractivity contribution in [2.75, 3.05) is 11.9 Å². The van der Waals surface area contributed by atoms with Crippen molar-refractivity contribution in [3.63, 3.8) is 0 Å². The molecule has 0 aliphatic heterocycles. The molecule has 1 unspecified atom stereocenters. The van der Waals surface area contributed by atoms with E-state index in [9.17, 15) is 9.59 Å². The minimum absolute atomic E-state index is 0.0988. The number of hydrogen-bond donors (Lipinski definition) is 3. The summed E-state index contributed by atoms with van der Waals surface area (Å²) in [5.74, 6) is -0.204. The maximum atomic E-state index is 12.1. The van der Waals surface area contributed by atoms with Gasteiger partial charge in [-0.15, -0.1) is 0 Å². The zero-order valence-corrected chi connectivity index (χ0v) is 14.7. The molecule has 0 saturated carbocycles. The first-order valence-electron chi connectivity index (χ1n) is 8.54. The van der Waals surface area contributed by atoms with Gasteiger partial charge in [-0.1, -0.05) is 43.3 Å². The van der Waals surface area contributed by atoms with Crippen molar-refractivity contribution >= 4 is 17.5 Å². The Morgan fingerprint density at radius 3 is 2.52 bits per heavy atom. The number of rotatable bonds is 8. The van der Waals surface area contributed by atoms with Crippen molar-refractivity contribution in [1.29, 1.82) is 0 Å². The van der Waals surface area contributed by atoms with Gasteiger partial charge in [0.05, 0.1) is 6.54 Å². The van der Waals surface area contributed by atoms with Crippen molar-refractivity contribution in [3.8, 4) is 0 Å². The maximum absolute atomic E-state index is 12.1. The van der Waals surface area contributed by atoms with Gasteiger partial charge in [0.25, 0.3) is 5.91 Å². The summed E-state index contributed by atoms with van der Waals surface area (Å²) in [6.45, 7) is 4.65. The molecular formula is C20H25N3O2. The van der Waals surface area contributed by atoms with E-state index in [4.69, 9.17) is 0 Å². The lowest BCUT2D eigenvalue weighted by molar-refractivity contribution is -0.119. The third-order valence-electron chi connectivity index (χ3n) is 3.90. The van der Waals surface area contributed by atoms with E-state index in [0.717, 1.165) is 17.7 Å². The predicted octanol–water partition coefficient (Wildman–Crippen LogP) is 2.94. The molecule has 2 aromatic carbocycles. The number of nitrogens with one attached hydrogen (secondary N) is 3. The van der Waals surface area contributed by atoms with Crippen LogP contribution < -0.4 is 16.0 Å². The van der Waals surface area contributed by atoms with Gasteiger partial charge in [-0.25, -0.2) is 0 Å². The molecule has 0 radical (unpaired) electrons. The van der Waals surface area contributed by atoms with Gasteiger partial charge in [-0.2, -0.15) is 0 Å². The molecule has 0 heterocycles. The van der Waals surface area contributed by atoms with Crippen LogP contribution in [0.25, 0.3) is 0 Å². The number of carbonyl (C=O) groups is 2. The van der Waals surface area contributed by atoms with Crippen LogP contribution in [0.3, 0.4) is 0 Å². The highest BCUT2D eigenvalue weighted by Crippen LogP contribution is 2.10. The summed E-state index contributed by atoms with van der Waals surface area (Å²) >= 11 is 0. The molecule has 0 aliphatic rings. The number of hydrogen-bond acceptors (Lipinski definition) is 3. The Hall–Kier alpha value is -2.82. The minimum atomic E-state index is -0.105. The molecule has 2 amide bonds. The first-order valence-corrected chi connectivity index (χ1v) is 8.54. The zero-order chi connectivity index (χ0) is 18.1.